The van der Waals surface area contributed by atoms with Gasteiger partial charge in [0.15, 0.2) is 0 Å². The van der Waals surface area contributed by atoms with Gasteiger partial charge in [0, 0.05) is 6.42 Å². The molecule has 0 atom stereocenters. The SMILES string of the molecule is NC(N)Cc1cccc2ccccc12. The van der Waals surface area contributed by atoms with Crippen molar-refractivity contribution in [2.75, 3.05) is 0 Å². The van der Waals surface area contributed by atoms with E-state index in [1.54, 1.807) is 0 Å². The zero-order chi connectivity index (χ0) is 9.97. The van der Waals surface area contributed by atoms with Crippen LogP contribution in [0, 0.1) is 0 Å². The van der Waals surface area contributed by atoms with Gasteiger partial charge >= 0.3 is 0 Å². The van der Waals surface area contributed by atoms with Crippen molar-refractivity contribution in [2.45, 2.75) is 12.6 Å². The smallest absolute Gasteiger partial charge is 0.0562 e. The fourth-order valence-corrected chi connectivity index (χ4v) is 1.72. The second kappa shape index (κ2) is 3.78. The van der Waals surface area contributed by atoms with E-state index in [1.165, 1.54) is 16.3 Å². The van der Waals surface area contributed by atoms with Crippen molar-refractivity contribution in [3.63, 3.8) is 0 Å². The summed E-state index contributed by atoms with van der Waals surface area (Å²) in [5.74, 6) is 0. The predicted molar refractivity (Wildman–Crippen MR) is 59.8 cm³/mol. The average molecular weight is 186 g/mol. The van der Waals surface area contributed by atoms with Gasteiger partial charge in [-0.3, -0.25) is 0 Å². The van der Waals surface area contributed by atoms with Crippen molar-refractivity contribution < 1.29 is 0 Å². The molecule has 72 valence electrons. The van der Waals surface area contributed by atoms with E-state index < -0.39 is 0 Å². The summed E-state index contributed by atoms with van der Waals surface area (Å²) in [6, 6.07) is 14.5. The quantitative estimate of drug-likeness (QED) is 0.700. The molecule has 0 aliphatic heterocycles. The topological polar surface area (TPSA) is 52.0 Å². The molecule has 2 nitrogen and oxygen atoms in total. The highest BCUT2D eigenvalue weighted by molar-refractivity contribution is 5.85. The Balaban J connectivity index is 2.53. The summed E-state index contributed by atoms with van der Waals surface area (Å²) in [6.07, 6.45) is 0.447. The van der Waals surface area contributed by atoms with Crippen molar-refractivity contribution in [3.8, 4) is 0 Å². The fraction of sp³-hybridized carbons (Fsp3) is 0.167. The minimum absolute atomic E-state index is 0.277. The average Bonchev–Trinajstić information content (AvgIpc) is 2.18. The summed E-state index contributed by atoms with van der Waals surface area (Å²) in [5.41, 5.74) is 12.4. The maximum absolute atomic E-state index is 5.59. The van der Waals surface area contributed by atoms with E-state index in [-0.39, 0.29) is 6.17 Å². The van der Waals surface area contributed by atoms with Gasteiger partial charge in [-0.1, -0.05) is 42.5 Å². The molecular weight excluding hydrogens is 172 g/mol. The zero-order valence-electron chi connectivity index (χ0n) is 7.98. The van der Waals surface area contributed by atoms with Crippen LogP contribution in [0.15, 0.2) is 42.5 Å². The number of nitrogens with two attached hydrogens (primary N) is 2. The lowest BCUT2D eigenvalue weighted by Crippen LogP contribution is -2.32. The Hall–Kier alpha value is -1.38. The molecule has 0 unspecified atom stereocenters. The Kier molecular flexibility index (Phi) is 2.48. The third kappa shape index (κ3) is 1.76. The van der Waals surface area contributed by atoms with Crippen LogP contribution in [0.4, 0.5) is 0 Å². The minimum atomic E-state index is -0.277. The second-order valence-electron chi connectivity index (χ2n) is 3.51. The van der Waals surface area contributed by atoms with Gasteiger partial charge in [-0.15, -0.1) is 0 Å². The first-order chi connectivity index (χ1) is 6.77. The van der Waals surface area contributed by atoms with Crippen LogP contribution in [0.25, 0.3) is 10.8 Å². The van der Waals surface area contributed by atoms with Gasteiger partial charge < -0.3 is 11.5 Å². The highest BCUT2D eigenvalue weighted by atomic mass is 14.8. The normalized spacial score (nSPS) is 11.1. The maximum atomic E-state index is 5.59. The second-order valence-corrected chi connectivity index (χ2v) is 3.51. The van der Waals surface area contributed by atoms with E-state index in [2.05, 4.69) is 24.3 Å². The maximum Gasteiger partial charge on any atom is 0.0562 e. The van der Waals surface area contributed by atoms with Gasteiger partial charge in [0.2, 0.25) is 0 Å². The molecule has 2 aromatic carbocycles. The Morgan fingerprint density at radius 1 is 0.929 bits per heavy atom. The highest BCUT2D eigenvalue weighted by Crippen LogP contribution is 2.18. The summed E-state index contributed by atoms with van der Waals surface area (Å²) in [6.45, 7) is 0. The van der Waals surface area contributed by atoms with Crippen LogP contribution in [0.5, 0.6) is 0 Å². The Bertz CT molecular complexity index is 430. The Morgan fingerprint density at radius 3 is 2.43 bits per heavy atom. The van der Waals surface area contributed by atoms with E-state index in [9.17, 15) is 0 Å². The van der Waals surface area contributed by atoms with Crippen LogP contribution >= 0.6 is 0 Å². The summed E-state index contributed by atoms with van der Waals surface area (Å²) in [4.78, 5) is 0. The van der Waals surface area contributed by atoms with Crippen molar-refractivity contribution in [3.05, 3.63) is 48.0 Å². The summed E-state index contributed by atoms with van der Waals surface area (Å²) < 4.78 is 0. The number of fused-ring (bicyclic) bond motifs is 1. The first-order valence-electron chi connectivity index (χ1n) is 4.75. The molecule has 0 saturated carbocycles. The Morgan fingerprint density at radius 2 is 1.64 bits per heavy atom. The molecule has 0 heterocycles. The van der Waals surface area contributed by atoms with Crippen LogP contribution in [0.3, 0.4) is 0 Å². The van der Waals surface area contributed by atoms with E-state index in [0.29, 0.717) is 0 Å². The molecule has 0 aliphatic carbocycles. The molecule has 2 aromatic rings. The molecule has 0 bridgehead atoms. The molecule has 0 aromatic heterocycles. The van der Waals surface area contributed by atoms with Crippen molar-refractivity contribution in [1.82, 2.24) is 0 Å². The molecule has 2 rings (SSSR count). The first kappa shape index (κ1) is 9.19. The number of rotatable bonds is 2. The largest absolute Gasteiger partial charge is 0.316 e. The molecule has 0 fully saturated rings. The van der Waals surface area contributed by atoms with Crippen molar-refractivity contribution >= 4 is 10.8 Å². The molecule has 0 aliphatic rings. The predicted octanol–water partition coefficient (Wildman–Crippen LogP) is 1.63. The fourth-order valence-electron chi connectivity index (χ4n) is 1.72. The summed E-state index contributed by atoms with van der Waals surface area (Å²) >= 11 is 0. The summed E-state index contributed by atoms with van der Waals surface area (Å²) in [7, 11) is 0. The first-order valence-corrected chi connectivity index (χ1v) is 4.75. The van der Waals surface area contributed by atoms with Crippen LogP contribution in [0.2, 0.25) is 0 Å². The zero-order valence-corrected chi connectivity index (χ0v) is 7.98. The monoisotopic (exact) mass is 186 g/mol. The van der Waals surface area contributed by atoms with Crippen LogP contribution < -0.4 is 11.5 Å². The minimum Gasteiger partial charge on any atom is -0.316 e. The molecule has 0 radical (unpaired) electrons. The van der Waals surface area contributed by atoms with Gasteiger partial charge in [-0.05, 0) is 16.3 Å². The van der Waals surface area contributed by atoms with E-state index in [0.717, 1.165) is 6.42 Å². The van der Waals surface area contributed by atoms with Gasteiger partial charge in [0.1, 0.15) is 0 Å². The van der Waals surface area contributed by atoms with Crippen molar-refractivity contribution in [1.29, 1.82) is 0 Å². The van der Waals surface area contributed by atoms with Crippen LogP contribution in [-0.2, 0) is 6.42 Å². The highest BCUT2D eigenvalue weighted by Gasteiger charge is 2.02. The molecule has 2 heteroatoms. The number of hydrogen-bond acceptors (Lipinski definition) is 2. The molecule has 0 amide bonds. The summed E-state index contributed by atoms with van der Waals surface area (Å²) in [5, 5.41) is 2.49. The van der Waals surface area contributed by atoms with Crippen molar-refractivity contribution in [2.24, 2.45) is 11.5 Å². The van der Waals surface area contributed by atoms with Gasteiger partial charge in [0.05, 0.1) is 6.17 Å². The van der Waals surface area contributed by atoms with E-state index in [4.69, 9.17) is 11.5 Å². The molecule has 0 spiro atoms. The third-order valence-electron chi connectivity index (χ3n) is 2.34. The molecule has 0 saturated heterocycles. The van der Waals surface area contributed by atoms with Gasteiger partial charge in [-0.2, -0.15) is 0 Å². The van der Waals surface area contributed by atoms with E-state index >= 15 is 0 Å². The lowest BCUT2D eigenvalue weighted by Gasteiger charge is -2.08. The lowest BCUT2D eigenvalue weighted by atomic mass is 10.0. The third-order valence-corrected chi connectivity index (χ3v) is 2.34. The molecular formula is C12H14N2. The van der Waals surface area contributed by atoms with Crippen LogP contribution in [0.1, 0.15) is 5.56 Å². The molecule has 4 N–H and O–H groups in total. The number of hydrogen-bond donors (Lipinski definition) is 2. The molecule has 14 heavy (non-hydrogen) atoms. The van der Waals surface area contributed by atoms with E-state index in [1.807, 2.05) is 18.2 Å². The number of benzene rings is 2. The standard InChI is InChI=1S/C12H14N2/c13-12(14)8-10-6-3-5-9-4-1-2-7-11(9)10/h1-7,12H,8,13-14H2. The lowest BCUT2D eigenvalue weighted by molar-refractivity contribution is 0.706. The van der Waals surface area contributed by atoms with Gasteiger partial charge in [0.25, 0.3) is 0 Å². The van der Waals surface area contributed by atoms with Crippen LogP contribution in [-0.4, -0.2) is 6.17 Å². The Labute approximate surface area is 83.5 Å². The van der Waals surface area contributed by atoms with Gasteiger partial charge in [-0.25, -0.2) is 0 Å².